The zero-order valence-electron chi connectivity index (χ0n) is 26.4. The van der Waals surface area contributed by atoms with Crippen molar-refractivity contribution in [2.75, 3.05) is 13.1 Å². The molecule has 1 saturated heterocycles. The summed E-state index contributed by atoms with van der Waals surface area (Å²) in [6.07, 6.45) is 4.87. The first-order valence-corrected chi connectivity index (χ1v) is 16.3. The van der Waals surface area contributed by atoms with Gasteiger partial charge in [-0.25, -0.2) is 0 Å². The standard InChI is InChI=1S/C35H48F3NO3/c1-20-10-12-30(3)14-15-32(5)22(26(30)21(20)2)18-24(40)27-31(4)19-23(35(36,37)38)28(41)34(7,25(31)11-13-33(27,32)6)29(42)39-16-8-9-17-39/h18-21,25-27H,8-17H2,1-7H3/t20-,21+,25-,26+,27-,30-,31+,32-,33-,34-/m1/s1. The molecule has 6 aliphatic rings. The summed E-state index contributed by atoms with van der Waals surface area (Å²) >= 11 is 0. The lowest BCUT2D eigenvalue weighted by Crippen LogP contribution is -2.68. The van der Waals surface area contributed by atoms with Crippen LogP contribution in [0.2, 0.25) is 0 Å². The molecular formula is C35H48F3NO3. The van der Waals surface area contributed by atoms with Crippen LogP contribution in [0.5, 0.6) is 0 Å². The van der Waals surface area contributed by atoms with Gasteiger partial charge in [-0.3, -0.25) is 14.4 Å². The van der Waals surface area contributed by atoms with E-state index in [9.17, 15) is 27.6 Å². The van der Waals surface area contributed by atoms with Gasteiger partial charge in [0.25, 0.3) is 0 Å². The molecule has 10 atom stereocenters. The van der Waals surface area contributed by atoms with E-state index >= 15 is 0 Å². The van der Waals surface area contributed by atoms with E-state index in [0.717, 1.165) is 38.2 Å². The second kappa shape index (κ2) is 9.06. The summed E-state index contributed by atoms with van der Waals surface area (Å²) in [6, 6.07) is 0. The molecule has 6 rings (SSSR count). The average molecular weight is 588 g/mol. The lowest BCUT2D eigenvalue weighted by atomic mass is 9.33. The Morgan fingerprint density at radius 3 is 2.19 bits per heavy atom. The first kappa shape index (κ1) is 30.1. The highest BCUT2D eigenvalue weighted by Gasteiger charge is 2.73. The summed E-state index contributed by atoms with van der Waals surface area (Å²) < 4.78 is 44.0. The Morgan fingerprint density at radius 2 is 1.57 bits per heavy atom. The topological polar surface area (TPSA) is 54.5 Å². The molecule has 1 heterocycles. The molecule has 0 radical (unpaired) electrons. The van der Waals surface area contributed by atoms with Crippen LogP contribution in [-0.4, -0.2) is 41.6 Å². The number of halogens is 3. The largest absolute Gasteiger partial charge is 0.419 e. The zero-order chi connectivity index (χ0) is 30.8. The number of amides is 1. The molecule has 4 fully saturated rings. The van der Waals surface area contributed by atoms with Crippen molar-refractivity contribution in [3.63, 3.8) is 0 Å². The van der Waals surface area contributed by atoms with Crippen molar-refractivity contribution in [1.82, 2.24) is 4.90 Å². The Balaban J connectivity index is 1.54. The van der Waals surface area contributed by atoms with Gasteiger partial charge in [-0.05, 0) is 104 Å². The fourth-order valence-electron chi connectivity index (χ4n) is 11.6. The maximum Gasteiger partial charge on any atom is 0.419 e. The molecule has 0 bridgehead atoms. The van der Waals surface area contributed by atoms with Crippen molar-refractivity contribution in [2.24, 2.45) is 56.7 Å². The number of likely N-dealkylation sites (tertiary alicyclic amines) is 1. The van der Waals surface area contributed by atoms with Crippen molar-refractivity contribution in [3.8, 4) is 0 Å². The molecule has 7 heteroatoms. The molecule has 0 aromatic rings. The second-order valence-corrected chi connectivity index (χ2v) is 16.2. The van der Waals surface area contributed by atoms with Gasteiger partial charge in [0.1, 0.15) is 5.41 Å². The summed E-state index contributed by atoms with van der Waals surface area (Å²) in [7, 11) is 0. The number of ketones is 2. The Kier molecular flexibility index (Phi) is 6.50. The molecule has 0 spiro atoms. The fourth-order valence-corrected chi connectivity index (χ4v) is 11.6. The van der Waals surface area contributed by atoms with Gasteiger partial charge in [-0.15, -0.1) is 0 Å². The van der Waals surface area contributed by atoms with Crippen LogP contribution >= 0.6 is 0 Å². The van der Waals surface area contributed by atoms with Crippen LogP contribution in [0, 0.1) is 56.7 Å². The molecule has 5 aliphatic carbocycles. The molecule has 42 heavy (non-hydrogen) atoms. The molecule has 1 aliphatic heterocycles. The van der Waals surface area contributed by atoms with Crippen molar-refractivity contribution >= 4 is 17.5 Å². The lowest BCUT2D eigenvalue weighted by Gasteiger charge is -2.69. The predicted molar refractivity (Wildman–Crippen MR) is 155 cm³/mol. The predicted octanol–water partition coefficient (Wildman–Crippen LogP) is 7.72. The molecule has 3 saturated carbocycles. The lowest BCUT2D eigenvalue weighted by molar-refractivity contribution is -0.184. The highest BCUT2D eigenvalue weighted by molar-refractivity contribution is 6.15. The van der Waals surface area contributed by atoms with Crippen LogP contribution in [-0.2, 0) is 14.4 Å². The smallest absolute Gasteiger partial charge is 0.342 e. The van der Waals surface area contributed by atoms with E-state index in [4.69, 9.17) is 0 Å². The first-order valence-electron chi connectivity index (χ1n) is 16.3. The third kappa shape index (κ3) is 3.63. The number of nitrogens with zero attached hydrogens (tertiary/aromatic N) is 1. The van der Waals surface area contributed by atoms with Gasteiger partial charge >= 0.3 is 6.18 Å². The zero-order valence-corrected chi connectivity index (χ0v) is 26.4. The van der Waals surface area contributed by atoms with Gasteiger partial charge in [0.15, 0.2) is 11.6 Å². The van der Waals surface area contributed by atoms with Gasteiger partial charge in [-0.2, -0.15) is 13.2 Å². The van der Waals surface area contributed by atoms with Crippen LogP contribution in [0.15, 0.2) is 23.3 Å². The van der Waals surface area contributed by atoms with Crippen LogP contribution in [0.1, 0.15) is 99.8 Å². The monoisotopic (exact) mass is 587 g/mol. The fraction of sp³-hybridized carbons (Fsp3) is 0.800. The normalized spacial score (nSPS) is 48.9. The molecule has 4 nitrogen and oxygen atoms in total. The summed E-state index contributed by atoms with van der Waals surface area (Å²) in [5.74, 6) is -1.93. The number of carbonyl (C=O) groups excluding carboxylic acids is 3. The van der Waals surface area contributed by atoms with Crippen LogP contribution < -0.4 is 0 Å². The molecule has 0 unspecified atom stereocenters. The minimum Gasteiger partial charge on any atom is -0.342 e. The Bertz CT molecular complexity index is 1290. The maximum atomic E-state index is 14.7. The number of hydrogen-bond donors (Lipinski definition) is 0. The number of hydrogen-bond acceptors (Lipinski definition) is 3. The van der Waals surface area contributed by atoms with E-state index in [1.54, 1.807) is 11.8 Å². The maximum absolute atomic E-state index is 14.7. The summed E-state index contributed by atoms with van der Waals surface area (Å²) in [6.45, 7) is 15.5. The Morgan fingerprint density at radius 1 is 0.929 bits per heavy atom. The third-order valence-corrected chi connectivity index (χ3v) is 14.3. The molecule has 0 N–H and O–H groups in total. The number of fused-ring (bicyclic) bond motifs is 7. The van der Waals surface area contributed by atoms with Gasteiger partial charge in [0.05, 0.1) is 5.57 Å². The Labute approximate surface area is 248 Å². The van der Waals surface area contributed by atoms with E-state index in [2.05, 4.69) is 34.6 Å². The number of rotatable bonds is 1. The number of alkyl halides is 3. The van der Waals surface area contributed by atoms with E-state index < -0.39 is 51.5 Å². The van der Waals surface area contributed by atoms with Crippen LogP contribution in [0.3, 0.4) is 0 Å². The number of allylic oxidation sites excluding steroid dienone is 4. The molecule has 0 aromatic carbocycles. The van der Waals surface area contributed by atoms with E-state index in [0.29, 0.717) is 37.8 Å². The summed E-state index contributed by atoms with van der Waals surface area (Å²) in [4.78, 5) is 44.1. The average Bonchev–Trinajstić information content (AvgIpc) is 3.44. The van der Waals surface area contributed by atoms with Crippen molar-refractivity contribution in [1.29, 1.82) is 0 Å². The first-order chi connectivity index (χ1) is 19.4. The van der Waals surface area contributed by atoms with Gasteiger partial charge in [0.2, 0.25) is 5.91 Å². The van der Waals surface area contributed by atoms with E-state index in [1.165, 1.54) is 18.9 Å². The van der Waals surface area contributed by atoms with Gasteiger partial charge in [-0.1, -0.05) is 53.2 Å². The van der Waals surface area contributed by atoms with Crippen molar-refractivity contribution in [2.45, 2.75) is 106 Å². The van der Waals surface area contributed by atoms with Crippen LogP contribution in [0.4, 0.5) is 13.2 Å². The third-order valence-electron chi connectivity index (χ3n) is 14.3. The Hall–Kier alpha value is -1.92. The summed E-state index contributed by atoms with van der Waals surface area (Å²) in [5, 5.41) is 0. The van der Waals surface area contributed by atoms with Crippen molar-refractivity contribution in [3.05, 3.63) is 23.3 Å². The molecule has 232 valence electrons. The highest BCUT2D eigenvalue weighted by Crippen LogP contribution is 2.75. The molecular weight excluding hydrogens is 539 g/mol. The van der Waals surface area contributed by atoms with E-state index in [-0.39, 0.29) is 22.5 Å². The SMILES string of the molecule is C[C@H]1[C@H](C)CC[C@]2(C)CC[C@]3(C)C(=CC(=O)[C@@H]4[C@@]5(C)C=C(C(F)(F)F)C(=O)[C@](C)(C(=O)N6CCCC6)[C@@H]5CC[C@]43C)[C@H]12. The minimum atomic E-state index is -4.91. The van der Waals surface area contributed by atoms with Crippen LogP contribution in [0.25, 0.3) is 0 Å². The van der Waals surface area contributed by atoms with Gasteiger partial charge in [0, 0.05) is 24.4 Å². The molecule has 0 aromatic heterocycles. The highest BCUT2D eigenvalue weighted by atomic mass is 19.4. The quantitative estimate of drug-likeness (QED) is 0.295. The van der Waals surface area contributed by atoms with Gasteiger partial charge < -0.3 is 4.90 Å². The molecule has 1 amide bonds. The number of Topliss-reactive ketones (excluding diaryl/α,β-unsaturated/α-hetero) is 1. The van der Waals surface area contributed by atoms with E-state index in [1.807, 2.05) is 6.08 Å². The van der Waals surface area contributed by atoms with Crippen molar-refractivity contribution < 1.29 is 27.6 Å². The summed E-state index contributed by atoms with van der Waals surface area (Å²) in [5.41, 5.74) is -4.01. The second-order valence-electron chi connectivity index (χ2n) is 16.2. The number of carbonyl (C=O) groups is 3. The minimum absolute atomic E-state index is 0.114.